The van der Waals surface area contributed by atoms with Crippen molar-refractivity contribution in [1.29, 1.82) is 0 Å². The van der Waals surface area contributed by atoms with E-state index < -0.39 is 0 Å². The summed E-state index contributed by atoms with van der Waals surface area (Å²) in [6.07, 6.45) is 7.85. The van der Waals surface area contributed by atoms with Crippen LogP contribution in [0.3, 0.4) is 0 Å². The standard InChI is InChI=1S/C14H20N2O3/c1-10-12(8-9-19-10)14(18)16-15-13(17)7-6-11-4-2-3-5-11/h8-9,11H,2-7H2,1H3,(H,15,17)(H,16,18). The van der Waals surface area contributed by atoms with Gasteiger partial charge in [-0.2, -0.15) is 0 Å². The van der Waals surface area contributed by atoms with Crippen molar-refractivity contribution in [2.75, 3.05) is 0 Å². The molecule has 1 aromatic rings. The van der Waals surface area contributed by atoms with Crippen LogP contribution in [0.15, 0.2) is 16.7 Å². The highest BCUT2D eigenvalue weighted by atomic mass is 16.3. The second-order valence-electron chi connectivity index (χ2n) is 5.08. The quantitative estimate of drug-likeness (QED) is 0.820. The number of aryl methyl sites for hydroxylation is 1. The van der Waals surface area contributed by atoms with Crippen molar-refractivity contribution in [3.63, 3.8) is 0 Å². The Labute approximate surface area is 112 Å². The van der Waals surface area contributed by atoms with Crippen molar-refractivity contribution in [2.45, 2.75) is 45.4 Å². The Kier molecular flexibility index (Phi) is 4.60. The van der Waals surface area contributed by atoms with E-state index in [2.05, 4.69) is 10.9 Å². The van der Waals surface area contributed by atoms with Gasteiger partial charge in [-0.25, -0.2) is 0 Å². The van der Waals surface area contributed by atoms with Gasteiger partial charge in [-0.3, -0.25) is 20.4 Å². The van der Waals surface area contributed by atoms with Crippen LogP contribution in [0.5, 0.6) is 0 Å². The van der Waals surface area contributed by atoms with E-state index in [0.717, 1.165) is 6.42 Å². The number of hydrazine groups is 1. The molecule has 2 amide bonds. The van der Waals surface area contributed by atoms with Crippen molar-refractivity contribution >= 4 is 11.8 Å². The summed E-state index contributed by atoms with van der Waals surface area (Å²) in [7, 11) is 0. The number of carbonyl (C=O) groups excluding carboxylic acids is 2. The average molecular weight is 264 g/mol. The molecule has 0 spiro atoms. The summed E-state index contributed by atoms with van der Waals surface area (Å²) in [6, 6.07) is 1.58. The van der Waals surface area contributed by atoms with Gasteiger partial charge in [0.05, 0.1) is 11.8 Å². The molecule has 0 unspecified atom stereocenters. The van der Waals surface area contributed by atoms with Crippen LogP contribution in [0.25, 0.3) is 0 Å². The van der Waals surface area contributed by atoms with Crippen molar-refractivity contribution in [3.8, 4) is 0 Å². The van der Waals surface area contributed by atoms with E-state index in [1.807, 2.05) is 0 Å². The highest BCUT2D eigenvalue weighted by molar-refractivity contribution is 5.96. The Morgan fingerprint density at radius 1 is 1.32 bits per heavy atom. The number of carbonyl (C=O) groups is 2. The summed E-state index contributed by atoms with van der Waals surface area (Å²) < 4.78 is 5.03. The molecule has 0 bridgehead atoms. The van der Waals surface area contributed by atoms with Gasteiger partial charge in [0.15, 0.2) is 0 Å². The zero-order valence-electron chi connectivity index (χ0n) is 11.2. The first kappa shape index (κ1) is 13.6. The van der Waals surface area contributed by atoms with Crippen molar-refractivity contribution in [2.24, 2.45) is 5.92 Å². The molecular formula is C14H20N2O3. The lowest BCUT2D eigenvalue weighted by Crippen LogP contribution is -2.41. The predicted octanol–water partition coefficient (Wildman–Crippen LogP) is 2.32. The molecule has 0 aliphatic heterocycles. The number of hydrogen-bond donors (Lipinski definition) is 2. The number of amides is 2. The lowest BCUT2D eigenvalue weighted by atomic mass is 10.0. The minimum atomic E-state index is -0.347. The van der Waals surface area contributed by atoms with Gasteiger partial charge in [0.1, 0.15) is 5.76 Å². The molecule has 19 heavy (non-hydrogen) atoms. The average Bonchev–Trinajstić information content (AvgIpc) is 3.04. The molecule has 0 aromatic carbocycles. The van der Waals surface area contributed by atoms with Crippen LogP contribution in [-0.4, -0.2) is 11.8 Å². The zero-order valence-corrected chi connectivity index (χ0v) is 11.2. The highest BCUT2D eigenvalue weighted by Gasteiger charge is 2.17. The third-order valence-corrected chi connectivity index (χ3v) is 3.67. The van der Waals surface area contributed by atoms with E-state index in [1.54, 1.807) is 13.0 Å². The van der Waals surface area contributed by atoms with Gasteiger partial charge < -0.3 is 4.42 Å². The molecular weight excluding hydrogens is 244 g/mol. The summed E-state index contributed by atoms with van der Waals surface area (Å²) in [5, 5.41) is 0. The molecule has 1 saturated carbocycles. The highest BCUT2D eigenvalue weighted by Crippen LogP contribution is 2.28. The minimum absolute atomic E-state index is 0.138. The Morgan fingerprint density at radius 2 is 2.05 bits per heavy atom. The molecule has 2 N–H and O–H groups in total. The van der Waals surface area contributed by atoms with Crippen molar-refractivity contribution in [1.82, 2.24) is 10.9 Å². The summed E-state index contributed by atoms with van der Waals surface area (Å²) in [5.74, 6) is 0.733. The fourth-order valence-corrected chi connectivity index (χ4v) is 2.51. The van der Waals surface area contributed by atoms with Gasteiger partial charge >= 0.3 is 0 Å². The van der Waals surface area contributed by atoms with Gasteiger partial charge in [0.25, 0.3) is 5.91 Å². The first-order valence-electron chi connectivity index (χ1n) is 6.80. The fraction of sp³-hybridized carbons (Fsp3) is 0.571. The number of furan rings is 1. The number of nitrogens with one attached hydrogen (secondary N) is 2. The molecule has 5 heteroatoms. The molecule has 1 heterocycles. The lowest BCUT2D eigenvalue weighted by Gasteiger charge is -2.09. The molecule has 1 aliphatic rings. The van der Waals surface area contributed by atoms with Crippen LogP contribution in [0, 0.1) is 12.8 Å². The summed E-state index contributed by atoms with van der Waals surface area (Å²) in [6.45, 7) is 1.71. The van der Waals surface area contributed by atoms with Crippen LogP contribution >= 0.6 is 0 Å². The third kappa shape index (κ3) is 3.84. The van der Waals surface area contributed by atoms with Gasteiger partial charge in [0.2, 0.25) is 5.91 Å². The van der Waals surface area contributed by atoms with Crippen LogP contribution in [0.2, 0.25) is 0 Å². The largest absolute Gasteiger partial charge is 0.469 e. The van der Waals surface area contributed by atoms with Crippen LogP contribution in [0.4, 0.5) is 0 Å². The van der Waals surface area contributed by atoms with Gasteiger partial charge in [-0.15, -0.1) is 0 Å². The summed E-state index contributed by atoms with van der Waals surface area (Å²) >= 11 is 0. The molecule has 1 aliphatic carbocycles. The van der Waals surface area contributed by atoms with Crippen LogP contribution < -0.4 is 10.9 Å². The van der Waals surface area contributed by atoms with E-state index in [-0.39, 0.29) is 11.8 Å². The maximum absolute atomic E-state index is 11.7. The van der Waals surface area contributed by atoms with Gasteiger partial charge in [-0.05, 0) is 25.3 Å². The SMILES string of the molecule is Cc1occc1C(=O)NNC(=O)CCC1CCCC1. The number of hydrogen-bond acceptors (Lipinski definition) is 3. The maximum Gasteiger partial charge on any atom is 0.273 e. The number of rotatable bonds is 4. The van der Waals surface area contributed by atoms with E-state index in [0.29, 0.717) is 23.7 Å². The van der Waals surface area contributed by atoms with E-state index in [1.165, 1.54) is 31.9 Å². The second kappa shape index (κ2) is 6.41. The molecule has 1 aromatic heterocycles. The van der Waals surface area contributed by atoms with Crippen molar-refractivity contribution < 1.29 is 14.0 Å². The Morgan fingerprint density at radius 3 is 2.68 bits per heavy atom. The molecule has 1 fully saturated rings. The van der Waals surface area contributed by atoms with E-state index >= 15 is 0 Å². The lowest BCUT2D eigenvalue weighted by molar-refractivity contribution is -0.122. The Hall–Kier alpha value is -1.78. The summed E-state index contributed by atoms with van der Waals surface area (Å²) in [5.41, 5.74) is 5.29. The minimum Gasteiger partial charge on any atom is -0.469 e. The Bertz CT molecular complexity index is 447. The Balaban J connectivity index is 1.68. The smallest absolute Gasteiger partial charge is 0.273 e. The molecule has 2 rings (SSSR count). The molecule has 0 saturated heterocycles. The molecule has 104 valence electrons. The van der Waals surface area contributed by atoms with Gasteiger partial charge in [-0.1, -0.05) is 25.7 Å². The fourth-order valence-electron chi connectivity index (χ4n) is 2.51. The predicted molar refractivity (Wildman–Crippen MR) is 70.2 cm³/mol. The monoisotopic (exact) mass is 264 g/mol. The second-order valence-corrected chi connectivity index (χ2v) is 5.08. The van der Waals surface area contributed by atoms with E-state index in [9.17, 15) is 9.59 Å². The van der Waals surface area contributed by atoms with Crippen LogP contribution in [0.1, 0.15) is 54.6 Å². The van der Waals surface area contributed by atoms with Gasteiger partial charge in [0, 0.05) is 6.42 Å². The molecule has 0 atom stereocenters. The topological polar surface area (TPSA) is 71.3 Å². The summed E-state index contributed by atoms with van der Waals surface area (Å²) in [4.78, 5) is 23.3. The first-order valence-corrected chi connectivity index (χ1v) is 6.80. The first-order chi connectivity index (χ1) is 9.16. The zero-order chi connectivity index (χ0) is 13.7. The molecule has 5 nitrogen and oxygen atoms in total. The molecule has 0 radical (unpaired) electrons. The van der Waals surface area contributed by atoms with Crippen LogP contribution in [-0.2, 0) is 4.79 Å². The maximum atomic E-state index is 11.7. The third-order valence-electron chi connectivity index (χ3n) is 3.67. The van der Waals surface area contributed by atoms with Crippen molar-refractivity contribution in [3.05, 3.63) is 23.7 Å². The normalized spacial score (nSPS) is 15.4. The van der Waals surface area contributed by atoms with E-state index in [4.69, 9.17) is 4.42 Å².